The molecule has 516 valence electrons. The smallest absolute Gasteiger partial charge is 0.322 e. The van der Waals surface area contributed by atoms with E-state index in [2.05, 4.69) is 69.0 Å². The lowest BCUT2D eigenvalue weighted by Crippen LogP contribution is -2.45. The van der Waals surface area contributed by atoms with Crippen LogP contribution in [0.15, 0.2) is 84.9 Å². The summed E-state index contributed by atoms with van der Waals surface area (Å²) in [5.74, 6) is -0.563. The maximum Gasteiger partial charge on any atom is 0.322 e. The van der Waals surface area contributed by atoms with Gasteiger partial charge in [0.15, 0.2) is 11.6 Å². The number of amides is 8. The highest BCUT2D eigenvalue weighted by Crippen LogP contribution is 2.43. The van der Waals surface area contributed by atoms with Crippen LogP contribution in [0.5, 0.6) is 0 Å². The number of aryl methyl sites for hydroxylation is 2. The summed E-state index contributed by atoms with van der Waals surface area (Å²) in [5, 5.41) is 42.8. The average molecular weight is 1360 g/mol. The number of halogens is 4. The van der Waals surface area contributed by atoms with Crippen LogP contribution < -0.4 is 21.3 Å². The maximum absolute atomic E-state index is 13.4. The Labute approximate surface area is 573 Å². The number of fused-ring (bicyclic) bond motifs is 4. The normalized spacial score (nSPS) is 20.2. The van der Waals surface area contributed by atoms with Crippen LogP contribution in [-0.4, -0.2) is 116 Å². The van der Waals surface area contributed by atoms with Crippen molar-refractivity contribution in [1.29, 1.82) is 0 Å². The number of nitrogens with one attached hydrogen (secondary N) is 8. The first-order valence-corrected chi connectivity index (χ1v) is 34.9. The van der Waals surface area contributed by atoms with Crippen LogP contribution in [0.3, 0.4) is 0 Å². The highest BCUT2D eigenvalue weighted by atomic mass is 35.5. The molecule has 0 bridgehead atoms. The number of urea groups is 4. The second kappa shape index (κ2) is 29.5. The number of aromatic amines is 4. The fourth-order valence-corrected chi connectivity index (χ4v) is 14.5. The van der Waals surface area contributed by atoms with Crippen molar-refractivity contribution in [3.63, 3.8) is 0 Å². The first-order chi connectivity index (χ1) is 47.4. The number of ether oxygens (including phenoxy) is 1. The van der Waals surface area contributed by atoms with Crippen molar-refractivity contribution < 1.29 is 37.1 Å². The van der Waals surface area contributed by atoms with E-state index in [0.717, 1.165) is 120 Å². The van der Waals surface area contributed by atoms with Crippen molar-refractivity contribution in [2.75, 3.05) is 34.4 Å². The minimum Gasteiger partial charge on any atom is -0.372 e. The highest BCUT2D eigenvalue weighted by molar-refractivity contribution is 6.30. The van der Waals surface area contributed by atoms with Gasteiger partial charge in [-0.15, -0.1) is 0 Å². The van der Waals surface area contributed by atoms with Gasteiger partial charge in [0.05, 0.1) is 49.0 Å². The lowest BCUT2D eigenvalue weighted by atomic mass is 9.80. The van der Waals surface area contributed by atoms with Gasteiger partial charge in [0.2, 0.25) is 0 Å². The van der Waals surface area contributed by atoms with E-state index in [9.17, 15) is 32.3 Å². The lowest BCUT2D eigenvalue weighted by Gasteiger charge is -2.34. The number of hydrogen-bond donors (Lipinski definition) is 8. The molecule has 98 heavy (non-hydrogen) atoms. The zero-order valence-electron chi connectivity index (χ0n) is 56.1. The molecule has 0 spiro atoms. The van der Waals surface area contributed by atoms with Gasteiger partial charge in [-0.2, -0.15) is 20.4 Å². The summed E-state index contributed by atoms with van der Waals surface area (Å²) in [5.41, 5.74) is 17.7. The largest absolute Gasteiger partial charge is 0.372 e. The number of anilines is 4. The van der Waals surface area contributed by atoms with E-state index in [1.54, 1.807) is 41.0 Å². The van der Waals surface area contributed by atoms with Crippen LogP contribution in [0.2, 0.25) is 5.02 Å². The molecule has 16 rings (SSSR count). The van der Waals surface area contributed by atoms with Crippen molar-refractivity contribution in [1.82, 2.24) is 60.4 Å². The zero-order valence-corrected chi connectivity index (χ0v) is 56.9. The summed E-state index contributed by atoms with van der Waals surface area (Å²) in [4.78, 5) is 58.0. The van der Waals surface area contributed by atoms with Gasteiger partial charge in [-0.05, 0) is 158 Å². The fourth-order valence-electron chi connectivity index (χ4n) is 14.3. The molecule has 25 heteroatoms. The van der Waals surface area contributed by atoms with E-state index in [-0.39, 0.29) is 59.9 Å². The Morgan fingerprint density at radius 3 is 1.37 bits per heavy atom. The number of aromatic nitrogens is 8. The van der Waals surface area contributed by atoms with Gasteiger partial charge < -0.3 is 45.6 Å². The Balaban J connectivity index is 0.000000118. The first-order valence-electron chi connectivity index (χ1n) is 34.6. The molecule has 4 aromatic heterocycles. The van der Waals surface area contributed by atoms with E-state index in [1.807, 2.05) is 67.0 Å². The van der Waals surface area contributed by atoms with Crippen LogP contribution in [-0.2, 0) is 56.6 Å². The van der Waals surface area contributed by atoms with E-state index in [0.29, 0.717) is 78.9 Å². The van der Waals surface area contributed by atoms with Crippen LogP contribution in [0.4, 0.5) is 55.1 Å². The van der Waals surface area contributed by atoms with Crippen LogP contribution in [0, 0.1) is 31.3 Å². The molecule has 3 saturated carbocycles. The number of H-pyrrole nitrogens is 4. The van der Waals surface area contributed by atoms with Crippen molar-refractivity contribution >= 4 is 58.5 Å². The SMILES string of the molecule is CC1Cc2[nH]nc(C3CCC3)c2CN1C(=O)Nc1ccc(F)c(F)c1.Cc1cc(NC(=O)N2Cc3c(C4CCC4)n[nH]c3CC2C)ccc1F.Cc1cccc(NC(=O)N2Cc3c(C4CCC4)n[nH]c3CC2C)c1.O=C(Nc1cccc(Cl)c1)N1CCc2[nH]nc(C3CCCO3)c2C1. The van der Waals surface area contributed by atoms with Crippen LogP contribution in [0.25, 0.3) is 0 Å². The van der Waals surface area contributed by atoms with E-state index in [1.165, 1.54) is 79.6 Å². The first kappa shape index (κ1) is 67.4. The van der Waals surface area contributed by atoms with Crippen molar-refractivity contribution in [3.05, 3.63) is 186 Å². The molecular formula is C73H86ClF3N16O5. The maximum atomic E-state index is 13.4. The number of rotatable bonds is 8. The van der Waals surface area contributed by atoms with Crippen molar-refractivity contribution in [2.45, 2.75) is 199 Å². The third-order valence-corrected chi connectivity index (χ3v) is 20.9. The Morgan fingerprint density at radius 2 is 0.918 bits per heavy atom. The van der Waals surface area contributed by atoms with Crippen LogP contribution >= 0.6 is 11.6 Å². The minimum atomic E-state index is -0.978. The summed E-state index contributed by atoms with van der Waals surface area (Å²) in [7, 11) is 0. The lowest BCUT2D eigenvalue weighted by molar-refractivity contribution is 0.107. The third-order valence-electron chi connectivity index (χ3n) is 20.7. The number of nitrogens with zero attached hydrogens (tertiary/aromatic N) is 8. The molecule has 5 aliphatic heterocycles. The molecule has 8 aliphatic rings. The summed E-state index contributed by atoms with van der Waals surface area (Å²) >= 11 is 5.97. The van der Waals surface area contributed by atoms with Gasteiger partial charge in [-0.3, -0.25) is 20.4 Å². The molecule has 8 aromatic rings. The Kier molecular flexibility index (Phi) is 20.3. The molecule has 8 amide bonds. The molecule has 4 fully saturated rings. The standard InChI is InChI=1S/C19H23FN4O.C19H24N4O.C18H20F2N4O.C17H19ClN4O2/c1-11-8-14(6-7-16(11)20)21-19(25)24-10-15-17(9-12(24)2)22-23-18(15)13-4-3-5-13;1-12-5-3-8-15(9-12)20-19(24)23-11-16-17(10-13(23)2)21-22-18(16)14-6-4-7-14;1-10-7-16-13(17(23-22-16)11-3-2-4-11)9-24(10)18(25)21-12-5-6-14(19)15(20)8-12;18-11-3-1-4-12(9-11)19-17(23)22-7-6-14-13(10-22)16(21-20-14)15-5-2-8-24-15/h6-8,12-13H,3-5,9-10H2,1-2H3,(H,21,25)(H,22,23);3,5,8-9,13-14H,4,6-7,10-11H2,1-2H3,(H,20,24)(H,21,22);5-6,8,10-11H,2-4,7,9H2,1H3,(H,21,25)(H,22,23);1,3-4,9,15H,2,5-8,10H2,(H,19,23)(H,20,21). The Bertz CT molecular complexity index is 4070. The predicted molar refractivity (Wildman–Crippen MR) is 368 cm³/mol. The molecule has 4 atom stereocenters. The number of carbonyl (C=O) groups excluding carboxylic acids is 4. The molecule has 21 nitrogen and oxygen atoms in total. The molecule has 0 radical (unpaired) electrons. The average Bonchev–Trinajstić information content (AvgIpc) is 1.59. The number of benzene rings is 4. The highest BCUT2D eigenvalue weighted by Gasteiger charge is 2.38. The fraction of sp³-hybridized carbons (Fsp3) is 0.452. The van der Waals surface area contributed by atoms with E-state index in [4.69, 9.17) is 16.3 Å². The van der Waals surface area contributed by atoms with E-state index >= 15 is 0 Å². The molecule has 3 aliphatic carbocycles. The van der Waals surface area contributed by atoms with Crippen molar-refractivity contribution in [2.24, 2.45) is 0 Å². The molecule has 4 aromatic carbocycles. The van der Waals surface area contributed by atoms with Gasteiger partial charge in [0.1, 0.15) is 11.9 Å². The molecule has 4 unspecified atom stereocenters. The number of hydrogen-bond acceptors (Lipinski definition) is 9. The minimum absolute atomic E-state index is 0.00696. The Hall–Kier alpha value is -9.16. The second-order valence-corrected chi connectivity index (χ2v) is 28.0. The summed E-state index contributed by atoms with van der Waals surface area (Å²) in [6.07, 6.45) is 16.1. The zero-order chi connectivity index (χ0) is 68.3. The summed E-state index contributed by atoms with van der Waals surface area (Å²) < 4.78 is 45.5. The second-order valence-electron chi connectivity index (χ2n) is 27.6. The summed E-state index contributed by atoms with van der Waals surface area (Å²) in [6, 6.07) is 22.7. The third kappa shape index (κ3) is 15.0. The molecule has 9 heterocycles. The van der Waals surface area contributed by atoms with Gasteiger partial charge >= 0.3 is 24.1 Å². The van der Waals surface area contributed by atoms with Gasteiger partial charge in [-0.25, -0.2) is 32.3 Å². The van der Waals surface area contributed by atoms with Crippen molar-refractivity contribution in [3.8, 4) is 0 Å². The van der Waals surface area contributed by atoms with Gasteiger partial charge in [-0.1, -0.05) is 49.1 Å². The number of carbonyl (C=O) groups is 4. The predicted octanol–water partition coefficient (Wildman–Crippen LogP) is 15.5. The summed E-state index contributed by atoms with van der Waals surface area (Å²) in [6.45, 7) is 13.5. The van der Waals surface area contributed by atoms with Crippen LogP contribution in [0.1, 0.15) is 194 Å². The topological polar surface area (TPSA) is 253 Å². The molecule has 8 N–H and O–H groups in total. The quantitative estimate of drug-likeness (QED) is 0.0719. The molecular weight excluding hydrogens is 1270 g/mol. The van der Waals surface area contributed by atoms with E-state index < -0.39 is 11.6 Å². The Morgan fingerprint density at radius 1 is 0.480 bits per heavy atom. The van der Waals surface area contributed by atoms with Gasteiger partial charge in [0, 0.05) is 154 Å². The molecule has 1 saturated heterocycles. The monoisotopic (exact) mass is 1360 g/mol. The van der Waals surface area contributed by atoms with Gasteiger partial charge in [0.25, 0.3) is 0 Å².